The molecule has 1 unspecified atom stereocenters. The van der Waals surface area contributed by atoms with Crippen LogP contribution in [0.4, 0.5) is 0 Å². The van der Waals surface area contributed by atoms with Crippen molar-refractivity contribution in [1.82, 2.24) is 20.4 Å². The number of nitrogens with two attached hydrogens (primary N) is 1. The van der Waals surface area contributed by atoms with Crippen molar-refractivity contribution in [2.24, 2.45) is 10.7 Å². The number of halogens is 2. The molecule has 1 fully saturated rings. The molecular weight excluding hydrogens is 479 g/mol. The van der Waals surface area contributed by atoms with Gasteiger partial charge in [-0.15, -0.1) is 24.0 Å². The summed E-state index contributed by atoms with van der Waals surface area (Å²) in [6, 6.07) is 7.84. The SMILES string of the molecule is CCN1CCCC1CN=C(N)NCCc1nc(-c2ccc(Cl)cc2)no1.I. The van der Waals surface area contributed by atoms with Crippen molar-refractivity contribution in [3.63, 3.8) is 0 Å². The molecule has 0 aliphatic carbocycles. The Kier molecular flexibility index (Phi) is 8.78. The molecule has 1 aromatic heterocycles. The third kappa shape index (κ3) is 6.32. The number of likely N-dealkylation sites (N-methyl/N-ethyl adjacent to an activating group) is 1. The number of rotatable bonds is 7. The van der Waals surface area contributed by atoms with E-state index in [1.165, 1.54) is 12.8 Å². The average Bonchev–Trinajstić information content (AvgIpc) is 3.29. The topological polar surface area (TPSA) is 92.6 Å². The van der Waals surface area contributed by atoms with Gasteiger partial charge in [-0.25, -0.2) is 0 Å². The quantitative estimate of drug-likeness (QED) is 0.342. The van der Waals surface area contributed by atoms with Gasteiger partial charge in [0.15, 0.2) is 5.96 Å². The summed E-state index contributed by atoms with van der Waals surface area (Å²) in [4.78, 5) is 11.3. The Morgan fingerprint density at radius 3 is 2.93 bits per heavy atom. The lowest BCUT2D eigenvalue weighted by molar-refractivity contribution is 0.273. The van der Waals surface area contributed by atoms with Gasteiger partial charge in [0.25, 0.3) is 0 Å². The van der Waals surface area contributed by atoms with Crippen LogP contribution >= 0.6 is 35.6 Å². The van der Waals surface area contributed by atoms with Crippen LogP contribution in [0.2, 0.25) is 5.02 Å². The molecule has 2 heterocycles. The lowest BCUT2D eigenvalue weighted by atomic mass is 10.2. The summed E-state index contributed by atoms with van der Waals surface area (Å²) >= 11 is 5.89. The predicted molar refractivity (Wildman–Crippen MR) is 119 cm³/mol. The molecule has 3 rings (SSSR count). The zero-order chi connectivity index (χ0) is 18.4. The van der Waals surface area contributed by atoms with Crippen LogP contribution in [0.25, 0.3) is 11.4 Å². The highest BCUT2D eigenvalue weighted by Crippen LogP contribution is 2.19. The largest absolute Gasteiger partial charge is 0.370 e. The molecule has 1 aromatic carbocycles. The fourth-order valence-corrected chi connectivity index (χ4v) is 3.27. The number of likely N-dealkylation sites (tertiary alicyclic amines) is 1. The minimum absolute atomic E-state index is 0. The van der Waals surface area contributed by atoms with Crippen molar-refractivity contribution in [2.45, 2.75) is 32.2 Å². The first-order chi connectivity index (χ1) is 12.7. The number of hydrogen-bond acceptors (Lipinski definition) is 5. The van der Waals surface area contributed by atoms with Gasteiger partial charge < -0.3 is 15.6 Å². The monoisotopic (exact) mass is 504 g/mol. The van der Waals surface area contributed by atoms with Crippen LogP contribution in [-0.2, 0) is 6.42 Å². The van der Waals surface area contributed by atoms with E-state index in [4.69, 9.17) is 21.9 Å². The summed E-state index contributed by atoms with van der Waals surface area (Å²) in [7, 11) is 0. The Balaban J connectivity index is 0.00000261. The summed E-state index contributed by atoms with van der Waals surface area (Å²) in [5, 5.41) is 7.78. The zero-order valence-electron chi connectivity index (χ0n) is 15.4. The fraction of sp³-hybridized carbons (Fsp3) is 0.500. The van der Waals surface area contributed by atoms with Crippen molar-refractivity contribution >= 4 is 41.5 Å². The molecule has 7 nitrogen and oxygen atoms in total. The maximum Gasteiger partial charge on any atom is 0.228 e. The number of nitrogens with zero attached hydrogens (tertiary/aromatic N) is 4. The van der Waals surface area contributed by atoms with Crippen molar-refractivity contribution in [2.75, 3.05) is 26.2 Å². The minimum atomic E-state index is 0. The van der Waals surface area contributed by atoms with Crippen LogP contribution in [0.3, 0.4) is 0 Å². The number of aliphatic imine (C=N–C) groups is 1. The van der Waals surface area contributed by atoms with Crippen molar-refractivity contribution in [3.8, 4) is 11.4 Å². The van der Waals surface area contributed by atoms with Crippen LogP contribution in [0.5, 0.6) is 0 Å². The number of guanidine groups is 1. The highest BCUT2D eigenvalue weighted by Gasteiger charge is 2.22. The molecule has 0 bridgehead atoms. The minimum Gasteiger partial charge on any atom is -0.370 e. The van der Waals surface area contributed by atoms with E-state index in [2.05, 4.69) is 32.3 Å². The second-order valence-corrected chi connectivity index (χ2v) is 6.78. The van der Waals surface area contributed by atoms with Crippen LogP contribution in [0, 0.1) is 0 Å². The van der Waals surface area contributed by atoms with Crippen molar-refractivity contribution in [1.29, 1.82) is 0 Å². The Hall–Kier alpha value is -1.39. The summed E-state index contributed by atoms with van der Waals surface area (Å²) in [6.45, 7) is 5.76. The molecule has 3 N–H and O–H groups in total. The van der Waals surface area contributed by atoms with E-state index >= 15 is 0 Å². The van der Waals surface area contributed by atoms with E-state index in [-0.39, 0.29) is 24.0 Å². The van der Waals surface area contributed by atoms with Gasteiger partial charge in [-0.1, -0.05) is 23.7 Å². The van der Waals surface area contributed by atoms with E-state index in [9.17, 15) is 0 Å². The molecule has 0 radical (unpaired) electrons. The van der Waals surface area contributed by atoms with Gasteiger partial charge in [0.05, 0.1) is 6.54 Å². The standard InChI is InChI=1S/C18H25ClN6O.HI/c1-2-25-11-3-4-15(25)12-22-18(20)21-10-9-16-23-17(24-26-16)13-5-7-14(19)8-6-13;/h5-8,15H,2-4,9-12H2,1H3,(H3,20,21,22);1H. The number of aromatic nitrogens is 2. The number of benzene rings is 1. The van der Waals surface area contributed by atoms with Gasteiger partial charge in [0.1, 0.15) is 0 Å². The molecule has 0 spiro atoms. The third-order valence-electron chi connectivity index (χ3n) is 4.59. The molecule has 1 atom stereocenters. The number of hydrogen-bond donors (Lipinski definition) is 2. The highest BCUT2D eigenvalue weighted by atomic mass is 127. The second kappa shape index (κ2) is 10.8. The lowest BCUT2D eigenvalue weighted by Crippen LogP contribution is -2.36. The first kappa shape index (κ1) is 21.9. The maximum absolute atomic E-state index is 5.95. The first-order valence-corrected chi connectivity index (χ1v) is 9.40. The van der Waals surface area contributed by atoms with E-state index in [1.807, 2.05) is 12.1 Å². The highest BCUT2D eigenvalue weighted by molar-refractivity contribution is 14.0. The fourth-order valence-electron chi connectivity index (χ4n) is 3.15. The van der Waals surface area contributed by atoms with Crippen LogP contribution in [0.15, 0.2) is 33.8 Å². The van der Waals surface area contributed by atoms with Gasteiger partial charge in [-0.05, 0) is 50.2 Å². The van der Waals surface area contributed by atoms with Gasteiger partial charge in [-0.3, -0.25) is 9.89 Å². The first-order valence-electron chi connectivity index (χ1n) is 9.02. The summed E-state index contributed by atoms with van der Waals surface area (Å²) < 4.78 is 5.28. The van der Waals surface area contributed by atoms with Crippen molar-refractivity contribution < 1.29 is 4.52 Å². The molecular formula is C18H26ClIN6O. The molecule has 148 valence electrons. The smallest absolute Gasteiger partial charge is 0.228 e. The normalized spacial score (nSPS) is 17.7. The molecule has 27 heavy (non-hydrogen) atoms. The summed E-state index contributed by atoms with van der Waals surface area (Å²) in [5.74, 6) is 1.58. The molecule has 1 saturated heterocycles. The predicted octanol–water partition coefficient (Wildman–Crippen LogP) is 2.94. The van der Waals surface area contributed by atoms with Gasteiger partial charge >= 0.3 is 0 Å². The third-order valence-corrected chi connectivity index (χ3v) is 4.85. The summed E-state index contributed by atoms with van der Waals surface area (Å²) in [5.41, 5.74) is 6.83. The van der Waals surface area contributed by atoms with E-state index in [0.29, 0.717) is 41.7 Å². The zero-order valence-corrected chi connectivity index (χ0v) is 18.5. The molecule has 0 amide bonds. The molecule has 0 saturated carbocycles. The Labute approximate surface area is 181 Å². The van der Waals surface area contributed by atoms with Gasteiger partial charge in [0, 0.05) is 29.6 Å². The average molecular weight is 505 g/mol. The Morgan fingerprint density at radius 1 is 1.41 bits per heavy atom. The van der Waals surface area contributed by atoms with Crippen LogP contribution < -0.4 is 11.1 Å². The maximum atomic E-state index is 5.95. The lowest BCUT2D eigenvalue weighted by Gasteiger charge is -2.20. The molecule has 1 aliphatic heterocycles. The van der Waals surface area contributed by atoms with Crippen LogP contribution in [-0.4, -0.2) is 53.2 Å². The second-order valence-electron chi connectivity index (χ2n) is 6.35. The number of nitrogens with one attached hydrogen (secondary N) is 1. The van der Waals surface area contributed by atoms with E-state index in [1.54, 1.807) is 12.1 Å². The molecule has 2 aromatic rings. The van der Waals surface area contributed by atoms with Crippen LogP contribution in [0.1, 0.15) is 25.7 Å². The van der Waals surface area contributed by atoms with Gasteiger partial charge in [-0.2, -0.15) is 4.98 Å². The molecule has 9 heteroatoms. The summed E-state index contributed by atoms with van der Waals surface area (Å²) in [6.07, 6.45) is 3.02. The van der Waals surface area contributed by atoms with Gasteiger partial charge in [0.2, 0.25) is 11.7 Å². The van der Waals surface area contributed by atoms with E-state index < -0.39 is 0 Å². The van der Waals surface area contributed by atoms with E-state index in [0.717, 1.165) is 25.2 Å². The Bertz CT molecular complexity index is 736. The molecule has 1 aliphatic rings. The van der Waals surface area contributed by atoms with Crippen molar-refractivity contribution in [3.05, 3.63) is 35.2 Å². The Morgan fingerprint density at radius 2 is 2.19 bits per heavy atom.